The first-order valence-corrected chi connectivity index (χ1v) is 6.56. The van der Waals surface area contributed by atoms with E-state index in [-0.39, 0.29) is 0 Å². The summed E-state index contributed by atoms with van der Waals surface area (Å²) in [5.41, 5.74) is 0.550. The molecule has 1 fully saturated rings. The van der Waals surface area contributed by atoms with E-state index in [1.165, 1.54) is 4.90 Å². The fraction of sp³-hybridized carbons (Fsp3) is 0.429. The van der Waals surface area contributed by atoms with Crippen LogP contribution in [0.5, 0.6) is 0 Å². The Labute approximate surface area is 117 Å². The molecule has 1 heterocycles. The van der Waals surface area contributed by atoms with E-state index in [2.05, 4.69) is 6.07 Å². The molecule has 0 spiro atoms. The molecule has 1 amide bonds. The lowest BCUT2D eigenvalue weighted by Gasteiger charge is -2.36. The Morgan fingerprint density at radius 3 is 2.68 bits per heavy atom. The smallest absolute Gasteiger partial charge is 0.407 e. The molecule has 0 saturated carbocycles. The zero-order valence-corrected chi connectivity index (χ0v) is 11.2. The number of hydrogen-bond acceptors (Lipinski definition) is 2. The van der Waals surface area contributed by atoms with Crippen molar-refractivity contribution in [1.29, 1.82) is 5.26 Å². The SMILES string of the molecule is N#CC1(Cc2cccc(Cl)c2)CCN(C(=O)O)CC1. The lowest BCUT2D eigenvalue weighted by molar-refractivity contribution is 0.110. The first-order chi connectivity index (χ1) is 9.04. The van der Waals surface area contributed by atoms with Gasteiger partial charge in [-0.15, -0.1) is 0 Å². The molecule has 0 radical (unpaired) electrons. The van der Waals surface area contributed by atoms with E-state index in [4.69, 9.17) is 16.7 Å². The summed E-state index contributed by atoms with van der Waals surface area (Å²) < 4.78 is 0. The van der Waals surface area contributed by atoms with Crippen LogP contribution in [0.15, 0.2) is 24.3 Å². The second-order valence-corrected chi connectivity index (χ2v) is 5.40. The van der Waals surface area contributed by atoms with Gasteiger partial charge in [0.1, 0.15) is 0 Å². The minimum Gasteiger partial charge on any atom is -0.465 e. The molecule has 1 N–H and O–H groups in total. The second-order valence-electron chi connectivity index (χ2n) is 4.97. The quantitative estimate of drug-likeness (QED) is 0.904. The topological polar surface area (TPSA) is 64.3 Å². The Hall–Kier alpha value is -1.73. The summed E-state index contributed by atoms with van der Waals surface area (Å²) >= 11 is 5.95. The van der Waals surface area contributed by atoms with Gasteiger partial charge in [0.05, 0.1) is 11.5 Å². The number of halogens is 1. The summed E-state index contributed by atoms with van der Waals surface area (Å²) in [7, 11) is 0. The summed E-state index contributed by atoms with van der Waals surface area (Å²) in [4.78, 5) is 12.3. The van der Waals surface area contributed by atoms with E-state index in [1.54, 1.807) is 6.07 Å². The van der Waals surface area contributed by atoms with Crippen LogP contribution in [0.4, 0.5) is 4.79 Å². The Kier molecular flexibility index (Phi) is 3.96. The van der Waals surface area contributed by atoms with Gasteiger partial charge in [-0.3, -0.25) is 0 Å². The van der Waals surface area contributed by atoms with Gasteiger partial charge in [0.2, 0.25) is 0 Å². The highest BCUT2D eigenvalue weighted by molar-refractivity contribution is 6.30. The Bertz CT molecular complexity index is 516. The van der Waals surface area contributed by atoms with Crippen molar-refractivity contribution >= 4 is 17.7 Å². The molecule has 5 heteroatoms. The predicted octanol–water partition coefficient (Wildman–Crippen LogP) is 3.17. The molecule has 2 rings (SSSR count). The third kappa shape index (κ3) is 3.18. The van der Waals surface area contributed by atoms with E-state index in [0.717, 1.165) is 5.56 Å². The van der Waals surface area contributed by atoms with Gasteiger partial charge in [-0.1, -0.05) is 23.7 Å². The third-order valence-electron chi connectivity index (χ3n) is 3.66. The van der Waals surface area contributed by atoms with E-state index in [9.17, 15) is 10.1 Å². The summed E-state index contributed by atoms with van der Waals surface area (Å²) in [5, 5.41) is 19.0. The van der Waals surface area contributed by atoms with Gasteiger partial charge in [-0.2, -0.15) is 5.26 Å². The summed E-state index contributed by atoms with van der Waals surface area (Å²) in [6.45, 7) is 0.840. The van der Waals surface area contributed by atoms with Crippen LogP contribution >= 0.6 is 11.6 Å². The minimum atomic E-state index is -0.908. The van der Waals surface area contributed by atoms with Crippen LogP contribution in [-0.4, -0.2) is 29.2 Å². The van der Waals surface area contributed by atoms with E-state index >= 15 is 0 Å². The van der Waals surface area contributed by atoms with Crippen molar-refractivity contribution in [2.45, 2.75) is 19.3 Å². The molecular weight excluding hydrogens is 264 g/mol. The fourth-order valence-corrected chi connectivity index (χ4v) is 2.70. The molecule has 1 aromatic carbocycles. The van der Waals surface area contributed by atoms with Crippen molar-refractivity contribution in [2.75, 3.05) is 13.1 Å². The minimum absolute atomic E-state index is 0.420. The molecule has 19 heavy (non-hydrogen) atoms. The van der Waals surface area contributed by atoms with Crippen molar-refractivity contribution in [3.63, 3.8) is 0 Å². The lowest BCUT2D eigenvalue weighted by atomic mass is 9.75. The van der Waals surface area contributed by atoms with Crippen LogP contribution in [0.1, 0.15) is 18.4 Å². The average Bonchev–Trinajstić information content (AvgIpc) is 2.39. The van der Waals surface area contributed by atoms with Gasteiger partial charge in [0.25, 0.3) is 0 Å². The standard InChI is InChI=1S/C14H15ClN2O2/c15-12-3-1-2-11(8-12)9-14(10-16)4-6-17(7-5-14)13(18)19/h1-3,8H,4-7,9H2,(H,18,19). The van der Waals surface area contributed by atoms with Crippen LogP contribution < -0.4 is 0 Å². The molecule has 1 saturated heterocycles. The van der Waals surface area contributed by atoms with Crippen LogP contribution in [0, 0.1) is 16.7 Å². The molecule has 1 aliphatic rings. The number of benzene rings is 1. The molecule has 0 atom stereocenters. The second kappa shape index (κ2) is 5.50. The monoisotopic (exact) mass is 278 g/mol. The number of rotatable bonds is 2. The first kappa shape index (κ1) is 13.7. The molecule has 4 nitrogen and oxygen atoms in total. The average molecular weight is 279 g/mol. The first-order valence-electron chi connectivity index (χ1n) is 6.18. The highest BCUT2D eigenvalue weighted by Crippen LogP contribution is 2.35. The largest absolute Gasteiger partial charge is 0.465 e. The fourth-order valence-electron chi connectivity index (χ4n) is 2.49. The summed E-state index contributed by atoms with van der Waals surface area (Å²) in [6.07, 6.45) is 0.858. The lowest BCUT2D eigenvalue weighted by Crippen LogP contribution is -2.42. The normalized spacial score (nSPS) is 17.8. The van der Waals surface area contributed by atoms with Gasteiger partial charge < -0.3 is 10.0 Å². The van der Waals surface area contributed by atoms with Crippen LogP contribution in [0.3, 0.4) is 0 Å². The van der Waals surface area contributed by atoms with Gasteiger partial charge in [0, 0.05) is 18.1 Å². The highest BCUT2D eigenvalue weighted by atomic mass is 35.5. The van der Waals surface area contributed by atoms with Crippen molar-refractivity contribution in [1.82, 2.24) is 4.90 Å². The Balaban J connectivity index is 2.09. The molecule has 1 aliphatic heterocycles. The number of carbonyl (C=O) groups is 1. The van der Waals surface area contributed by atoms with Crippen LogP contribution in [-0.2, 0) is 6.42 Å². The van der Waals surface area contributed by atoms with Crippen molar-refractivity contribution < 1.29 is 9.90 Å². The zero-order chi connectivity index (χ0) is 13.9. The van der Waals surface area contributed by atoms with E-state index < -0.39 is 11.5 Å². The van der Waals surface area contributed by atoms with Crippen LogP contribution in [0.2, 0.25) is 5.02 Å². The van der Waals surface area contributed by atoms with Crippen molar-refractivity contribution in [3.05, 3.63) is 34.9 Å². The van der Waals surface area contributed by atoms with Crippen molar-refractivity contribution in [3.8, 4) is 6.07 Å². The molecular formula is C14H15ClN2O2. The third-order valence-corrected chi connectivity index (χ3v) is 3.89. The number of piperidine rings is 1. The van der Waals surface area contributed by atoms with E-state index in [0.29, 0.717) is 37.4 Å². The van der Waals surface area contributed by atoms with Crippen LogP contribution in [0.25, 0.3) is 0 Å². The molecule has 1 aromatic rings. The molecule has 0 aliphatic carbocycles. The maximum absolute atomic E-state index is 10.9. The molecule has 0 unspecified atom stereocenters. The summed E-state index contributed by atoms with van der Waals surface area (Å²) in [5.74, 6) is 0. The molecule has 0 aromatic heterocycles. The van der Waals surface area contributed by atoms with Gasteiger partial charge in [0.15, 0.2) is 0 Å². The number of hydrogen-bond donors (Lipinski definition) is 1. The number of nitriles is 1. The highest BCUT2D eigenvalue weighted by Gasteiger charge is 2.36. The van der Waals surface area contributed by atoms with E-state index in [1.807, 2.05) is 18.2 Å². The predicted molar refractivity (Wildman–Crippen MR) is 72.0 cm³/mol. The number of amides is 1. The molecule has 0 bridgehead atoms. The van der Waals surface area contributed by atoms with Crippen molar-refractivity contribution in [2.24, 2.45) is 5.41 Å². The zero-order valence-electron chi connectivity index (χ0n) is 10.5. The Morgan fingerprint density at radius 1 is 1.47 bits per heavy atom. The van der Waals surface area contributed by atoms with Gasteiger partial charge >= 0.3 is 6.09 Å². The number of likely N-dealkylation sites (tertiary alicyclic amines) is 1. The van der Waals surface area contributed by atoms with Gasteiger partial charge in [-0.05, 0) is 37.0 Å². The molecule has 100 valence electrons. The maximum atomic E-state index is 10.9. The summed E-state index contributed by atoms with van der Waals surface area (Å²) in [6, 6.07) is 9.87. The van der Waals surface area contributed by atoms with Gasteiger partial charge in [-0.25, -0.2) is 4.79 Å². The Morgan fingerprint density at radius 2 is 2.16 bits per heavy atom. The maximum Gasteiger partial charge on any atom is 0.407 e. The number of carboxylic acid groups (broad SMARTS) is 1. The number of nitrogens with zero attached hydrogens (tertiary/aromatic N) is 2.